The van der Waals surface area contributed by atoms with E-state index in [0.29, 0.717) is 10.9 Å². The second kappa shape index (κ2) is 6.71. The zero-order valence-electron chi connectivity index (χ0n) is 12.1. The Labute approximate surface area is 125 Å². The van der Waals surface area contributed by atoms with Crippen LogP contribution in [0.3, 0.4) is 0 Å². The zero-order chi connectivity index (χ0) is 14.5. The number of benzene rings is 2. The van der Waals surface area contributed by atoms with Crippen LogP contribution >= 0.6 is 12.2 Å². The van der Waals surface area contributed by atoms with E-state index in [9.17, 15) is 0 Å². The van der Waals surface area contributed by atoms with E-state index in [0.717, 1.165) is 28.7 Å². The molecule has 0 saturated carbocycles. The first-order valence-electron chi connectivity index (χ1n) is 7.07. The van der Waals surface area contributed by atoms with Gasteiger partial charge in [-0.3, -0.25) is 0 Å². The van der Waals surface area contributed by atoms with Gasteiger partial charge in [-0.1, -0.05) is 56.8 Å². The lowest BCUT2D eigenvalue weighted by Crippen LogP contribution is -2.11. The van der Waals surface area contributed by atoms with Crippen molar-refractivity contribution in [2.45, 2.75) is 26.7 Å². The summed E-state index contributed by atoms with van der Waals surface area (Å²) in [4.78, 5) is 0.423. The second-order valence-electron chi connectivity index (χ2n) is 5.23. The molecule has 0 bridgehead atoms. The number of rotatable bonds is 6. The van der Waals surface area contributed by atoms with Gasteiger partial charge in [0.1, 0.15) is 10.7 Å². The lowest BCUT2D eigenvalue weighted by molar-refractivity contribution is 0.254. The van der Waals surface area contributed by atoms with Gasteiger partial charge in [-0.15, -0.1) is 0 Å². The van der Waals surface area contributed by atoms with Gasteiger partial charge < -0.3 is 10.5 Å². The predicted octanol–water partition coefficient (Wildman–Crippen LogP) is 4.29. The lowest BCUT2D eigenvalue weighted by Gasteiger charge is -2.15. The van der Waals surface area contributed by atoms with Crippen LogP contribution in [0.1, 0.15) is 32.3 Å². The van der Waals surface area contributed by atoms with Gasteiger partial charge in [-0.05, 0) is 29.9 Å². The highest BCUT2D eigenvalue weighted by Crippen LogP contribution is 2.29. The molecular weight excluding hydrogens is 266 g/mol. The van der Waals surface area contributed by atoms with Crippen LogP contribution in [0, 0.1) is 5.92 Å². The first-order chi connectivity index (χ1) is 9.63. The van der Waals surface area contributed by atoms with E-state index in [1.165, 1.54) is 12.8 Å². The first kappa shape index (κ1) is 14.8. The Bertz CT molecular complexity index is 609. The number of hydrogen-bond acceptors (Lipinski definition) is 2. The molecule has 106 valence electrons. The number of nitrogens with two attached hydrogens (primary N) is 1. The molecule has 0 amide bonds. The van der Waals surface area contributed by atoms with Gasteiger partial charge in [0.25, 0.3) is 0 Å². The molecule has 1 atom stereocenters. The molecule has 1 unspecified atom stereocenters. The maximum Gasteiger partial charge on any atom is 0.127 e. The van der Waals surface area contributed by atoms with Crippen LogP contribution in [0.25, 0.3) is 10.8 Å². The molecule has 0 radical (unpaired) electrons. The van der Waals surface area contributed by atoms with Crippen LogP contribution in [0.2, 0.25) is 0 Å². The van der Waals surface area contributed by atoms with Crippen molar-refractivity contribution in [3.8, 4) is 5.75 Å². The third-order valence-electron chi connectivity index (χ3n) is 3.45. The van der Waals surface area contributed by atoms with Crippen LogP contribution in [0.15, 0.2) is 36.4 Å². The van der Waals surface area contributed by atoms with Crippen molar-refractivity contribution in [1.82, 2.24) is 0 Å². The Morgan fingerprint density at radius 3 is 2.55 bits per heavy atom. The van der Waals surface area contributed by atoms with Gasteiger partial charge in [0.05, 0.1) is 6.61 Å². The van der Waals surface area contributed by atoms with Gasteiger partial charge in [0.2, 0.25) is 0 Å². The van der Waals surface area contributed by atoms with Crippen molar-refractivity contribution in [2.24, 2.45) is 11.7 Å². The molecule has 0 heterocycles. The smallest absolute Gasteiger partial charge is 0.127 e. The summed E-state index contributed by atoms with van der Waals surface area (Å²) in [6.45, 7) is 5.15. The lowest BCUT2D eigenvalue weighted by atomic mass is 10.0. The minimum Gasteiger partial charge on any atom is -0.493 e. The topological polar surface area (TPSA) is 35.2 Å². The molecule has 0 saturated heterocycles. The van der Waals surface area contributed by atoms with E-state index >= 15 is 0 Å². The maximum atomic E-state index is 5.98. The summed E-state index contributed by atoms with van der Waals surface area (Å²) in [7, 11) is 0. The van der Waals surface area contributed by atoms with Crippen LogP contribution in [0.5, 0.6) is 5.75 Å². The normalized spacial score (nSPS) is 12.3. The quantitative estimate of drug-likeness (QED) is 0.805. The Balaban J connectivity index is 2.31. The van der Waals surface area contributed by atoms with E-state index in [2.05, 4.69) is 19.9 Å². The molecule has 2 N–H and O–H groups in total. The molecule has 0 aromatic heterocycles. The Morgan fingerprint density at radius 1 is 1.20 bits per heavy atom. The van der Waals surface area contributed by atoms with Crippen LogP contribution in [-0.4, -0.2) is 11.6 Å². The molecule has 2 rings (SSSR count). The zero-order valence-corrected chi connectivity index (χ0v) is 12.9. The van der Waals surface area contributed by atoms with Crippen molar-refractivity contribution >= 4 is 28.0 Å². The Hall–Kier alpha value is -1.61. The fourth-order valence-corrected chi connectivity index (χ4v) is 2.60. The van der Waals surface area contributed by atoms with Crippen LogP contribution < -0.4 is 10.5 Å². The van der Waals surface area contributed by atoms with Crippen molar-refractivity contribution in [2.75, 3.05) is 6.61 Å². The number of thiocarbonyl (C=S) groups is 1. The third-order valence-corrected chi connectivity index (χ3v) is 3.67. The molecular formula is C17H21NOS. The second-order valence-corrected chi connectivity index (χ2v) is 5.67. The Kier molecular flexibility index (Phi) is 4.96. The summed E-state index contributed by atoms with van der Waals surface area (Å²) in [6, 6.07) is 12.0. The average Bonchev–Trinajstić information content (AvgIpc) is 2.44. The number of hydrogen-bond donors (Lipinski definition) is 1. The van der Waals surface area contributed by atoms with Crippen molar-refractivity contribution in [3.05, 3.63) is 42.0 Å². The maximum absolute atomic E-state index is 5.98. The highest BCUT2D eigenvalue weighted by Gasteiger charge is 2.09. The van der Waals surface area contributed by atoms with Gasteiger partial charge in [0, 0.05) is 10.9 Å². The largest absolute Gasteiger partial charge is 0.493 e. The minimum atomic E-state index is 0.423. The van der Waals surface area contributed by atoms with Crippen molar-refractivity contribution < 1.29 is 4.74 Å². The van der Waals surface area contributed by atoms with Gasteiger partial charge in [-0.25, -0.2) is 0 Å². The van der Waals surface area contributed by atoms with E-state index in [1.54, 1.807) is 0 Å². The van der Waals surface area contributed by atoms with Crippen molar-refractivity contribution in [1.29, 1.82) is 0 Å². The third kappa shape index (κ3) is 3.28. The Morgan fingerprint density at radius 2 is 1.90 bits per heavy atom. The monoisotopic (exact) mass is 287 g/mol. The molecule has 0 aliphatic heterocycles. The highest BCUT2D eigenvalue weighted by molar-refractivity contribution is 7.80. The van der Waals surface area contributed by atoms with E-state index in [4.69, 9.17) is 22.7 Å². The summed E-state index contributed by atoms with van der Waals surface area (Å²) in [5, 5.41) is 2.13. The molecule has 0 fully saturated rings. The summed E-state index contributed by atoms with van der Waals surface area (Å²) < 4.78 is 5.98. The molecule has 0 spiro atoms. The van der Waals surface area contributed by atoms with Crippen molar-refractivity contribution in [3.63, 3.8) is 0 Å². The molecule has 20 heavy (non-hydrogen) atoms. The number of ether oxygens (including phenoxy) is 1. The highest BCUT2D eigenvalue weighted by atomic mass is 32.1. The molecule has 0 aliphatic carbocycles. The molecule has 3 heteroatoms. The van der Waals surface area contributed by atoms with Gasteiger partial charge in [-0.2, -0.15) is 0 Å². The van der Waals surface area contributed by atoms with Crippen LogP contribution in [0.4, 0.5) is 0 Å². The summed E-state index contributed by atoms with van der Waals surface area (Å²) >= 11 is 5.11. The van der Waals surface area contributed by atoms with E-state index in [-0.39, 0.29) is 0 Å². The SMILES string of the molecule is CCCC(C)COc1ccc(C(N)=S)c2ccccc12. The standard InChI is InChI=1S/C17H21NOS/c1-3-6-12(2)11-19-16-10-9-15(17(18)20)13-7-4-5-8-14(13)16/h4-5,7-10,12H,3,6,11H2,1-2H3,(H2,18,20). The molecule has 0 aliphatic rings. The predicted molar refractivity (Wildman–Crippen MR) is 89.4 cm³/mol. The first-order valence-corrected chi connectivity index (χ1v) is 7.48. The summed E-state index contributed by atoms with van der Waals surface area (Å²) in [5.41, 5.74) is 6.69. The summed E-state index contributed by atoms with van der Waals surface area (Å²) in [5.74, 6) is 1.47. The van der Waals surface area contributed by atoms with Gasteiger partial charge >= 0.3 is 0 Å². The summed E-state index contributed by atoms with van der Waals surface area (Å²) in [6.07, 6.45) is 2.37. The van der Waals surface area contributed by atoms with E-state index in [1.807, 2.05) is 30.3 Å². The minimum absolute atomic E-state index is 0.423. The number of fused-ring (bicyclic) bond motifs is 1. The molecule has 2 nitrogen and oxygen atoms in total. The average molecular weight is 287 g/mol. The fourth-order valence-electron chi connectivity index (χ4n) is 2.42. The van der Waals surface area contributed by atoms with Gasteiger partial charge in [0.15, 0.2) is 0 Å². The fraction of sp³-hybridized carbons (Fsp3) is 0.353. The molecule has 2 aromatic rings. The van der Waals surface area contributed by atoms with Crippen LogP contribution in [-0.2, 0) is 0 Å². The van der Waals surface area contributed by atoms with E-state index < -0.39 is 0 Å². The molecule has 2 aromatic carbocycles.